The Morgan fingerprint density at radius 3 is 2.57 bits per heavy atom. The average Bonchev–Trinajstić information content (AvgIpc) is 3.22. The van der Waals surface area contributed by atoms with Crippen LogP contribution in [-0.2, 0) is 11.3 Å². The van der Waals surface area contributed by atoms with Gasteiger partial charge < -0.3 is 5.11 Å². The summed E-state index contributed by atoms with van der Waals surface area (Å²) in [7, 11) is 0. The van der Waals surface area contributed by atoms with Crippen LogP contribution >= 0.6 is 11.3 Å². The van der Waals surface area contributed by atoms with Crippen LogP contribution in [0, 0.1) is 0 Å². The van der Waals surface area contributed by atoms with E-state index in [9.17, 15) is 9.59 Å². The lowest BCUT2D eigenvalue weighted by Gasteiger charge is -2.38. The lowest BCUT2D eigenvalue weighted by molar-refractivity contribution is -0.138. The SMILES string of the molecule is CCC(c1nc2sccc2c(=O)n1Cc1ccccc1)N1CCN(CC(=O)O)CC1. The monoisotopic (exact) mass is 426 g/mol. The van der Waals surface area contributed by atoms with Crippen molar-refractivity contribution in [2.24, 2.45) is 0 Å². The van der Waals surface area contributed by atoms with Gasteiger partial charge >= 0.3 is 5.97 Å². The Balaban J connectivity index is 1.68. The first-order chi connectivity index (χ1) is 14.6. The Kier molecular flexibility index (Phi) is 6.26. The van der Waals surface area contributed by atoms with E-state index >= 15 is 0 Å². The van der Waals surface area contributed by atoms with Crippen LogP contribution < -0.4 is 5.56 Å². The maximum atomic E-state index is 13.3. The second-order valence-electron chi connectivity index (χ2n) is 7.62. The minimum absolute atomic E-state index is 0.00284. The van der Waals surface area contributed by atoms with Crippen LogP contribution in [0.3, 0.4) is 0 Å². The van der Waals surface area contributed by atoms with E-state index in [4.69, 9.17) is 10.1 Å². The molecule has 0 bridgehead atoms. The zero-order valence-electron chi connectivity index (χ0n) is 17.0. The molecule has 0 saturated carbocycles. The van der Waals surface area contributed by atoms with Crippen LogP contribution in [0.25, 0.3) is 10.2 Å². The molecule has 0 amide bonds. The van der Waals surface area contributed by atoms with Gasteiger partial charge in [0.15, 0.2) is 0 Å². The largest absolute Gasteiger partial charge is 0.480 e. The summed E-state index contributed by atoms with van der Waals surface area (Å²) in [6, 6.07) is 11.9. The first-order valence-corrected chi connectivity index (χ1v) is 11.1. The molecule has 1 aliphatic rings. The Morgan fingerprint density at radius 2 is 1.90 bits per heavy atom. The fourth-order valence-electron chi connectivity index (χ4n) is 4.17. The van der Waals surface area contributed by atoms with Crippen molar-refractivity contribution in [2.45, 2.75) is 25.9 Å². The molecule has 1 saturated heterocycles. The van der Waals surface area contributed by atoms with E-state index < -0.39 is 5.97 Å². The van der Waals surface area contributed by atoms with Crippen molar-refractivity contribution in [1.82, 2.24) is 19.4 Å². The second kappa shape index (κ2) is 9.07. The predicted octanol–water partition coefficient (Wildman–Crippen LogP) is 2.66. The third-order valence-electron chi connectivity index (χ3n) is 5.69. The van der Waals surface area contributed by atoms with Gasteiger partial charge in [-0.25, -0.2) is 4.98 Å². The maximum absolute atomic E-state index is 13.3. The Labute approximate surface area is 179 Å². The molecule has 1 N–H and O–H groups in total. The van der Waals surface area contributed by atoms with E-state index in [1.165, 1.54) is 11.3 Å². The van der Waals surface area contributed by atoms with Crippen molar-refractivity contribution in [3.05, 3.63) is 63.5 Å². The molecular formula is C22H26N4O3S. The number of nitrogens with zero attached hydrogens (tertiary/aromatic N) is 4. The lowest BCUT2D eigenvalue weighted by atomic mass is 10.1. The lowest BCUT2D eigenvalue weighted by Crippen LogP contribution is -2.49. The number of carboxylic acids is 1. The second-order valence-corrected chi connectivity index (χ2v) is 8.51. The Hall–Kier alpha value is -2.55. The smallest absolute Gasteiger partial charge is 0.317 e. The van der Waals surface area contributed by atoms with Crippen molar-refractivity contribution in [3.8, 4) is 0 Å². The molecule has 0 spiro atoms. The number of carboxylic acid groups (broad SMARTS) is 1. The van der Waals surface area contributed by atoms with Crippen LogP contribution in [0.15, 0.2) is 46.6 Å². The quantitative estimate of drug-likeness (QED) is 0.626. The normalized spacial score (nSPS) is 16.7. The number of hydrogen-bond acceptors (Lipinski definition) is 6. The number of fused-ring (bicyclic) bond motifs is 1. The van der Waals surface area contributed by atoms with E-state index in [-0.39, 0.29) is 18.1 Å². The first kappa shape index (κ1) is 20.7. The van der Waals surface area contributed by atoms with Gasteiger partial charge in [-0.15, -0.1) is 11.3 Å². The molecular weight excluding hydrogens is 400 g/mol. The topological polar surface area (TPSA) is 78.7 Å². The molecule has 1 aromatic carbocycles. The molecule has 30 heavy (non-hydrogen) atoms. The van der Waals surface area contributed by atoms with Gasteiger partial charge in [-0.2, -0.15) is 0 Å². The molecule has 1 atom stereocenters. The van der Waals surface area contributed by atoms with Crippen molar-refractivity contribution in [2.75, 3.05) is 32.7 Å². The summed E-state index contributed by atoms with van der Waals surface area (Å²) >= 11 is 1.50. The van der Waals surface area contributed by atoms with Crippen LogP contribution in [0.5, 0.6) is 0 Å². The summed E-state index contributed by atoms with van der Waals surface area (Å²) < 4.78 is 1.82. The van der Waals surface area contributed by atoms with E-state index in [1.807, 2.05) is 51.2 Å². The third-order valence-corrected chi connectivity index (χ3v) is 6.49. The molecule has 158 valence electrons. The molecule has 0 aliphatic carbocycles. The van der Waals surface area contributed by atoms with Crippen molar-refractivity contribution in [3.63, 3.8) is 0 Å². The minimum Gasteiger partial charge on any atom is -0.480 e. The van der Waals surface area contributed by atoms with Gasteiger partial charge in [-0.1, -0.05) is 37.3 Å². The summed E-state index contributed by atoms with van der Waals surface area (Å²) in [6.45, 7) is 5.60. The summed E-state index contributed by atoms with van der Waals surface area (Å²) in [4.78, 5) is 34.4. The summed E-state index contributed by atoms with van der Waals surface area (Å²) in [6.07, 6.45) is 0.830. The predicted molar refractivity (Wildman–Crippen MR) is 118 cm³/mol. The zero-order valence-corrected chi connectivity index (χ0v) is 17.8. The van der Waals surface area contributed by atoms with Crippen LogP contribution in [0.1, 0.15) is 30.8 Å². The number of benzene rings is 1. The molecule has 1 unspecified atom stereocenters. The van der Waals surface area contributed by atoms with Gasteiger partial charge in [-0.05, 0) is 23.4 Å². The Bertz CT molecular complexity index is 1070. The Morgan fingerprint density at radius 1 is 1.17 bits per heavy atom. The number of thiophene rings is 1. The van der Waals surface area contributed by atoms with Gasteiger partial charge in [-0.3, -0.25) is 24.0 Å². The zero-order chi connectivity index (χ0) is 21.1. The van der Waals surface area contributed by atoms with Crippen molar-refractivity contribution < 1.29 is 9.90 Å². The highest BCUT2D eigenvalue weighted by Gasteiger charge is 2.28. The molecule has 4 rings (SSSR count). The minimum atomic E-state index is -0.794. The first-order valence-electron chi connectivity index (χ1n) is 10.3. The molecule has 2 aromatic heterocycles. The number of carbonyl (C=O) groups is 1. The average molecular weight is 427 g/mol. The van der Waals surface area contributed by atoms with Crippen LogP contribution in [0.2, 0.25) is 0 Å². The van der Waals surface area contributed by atoms with Gasteiger partial charge in [0.1, 0.15) is 10.7 Å². The van der Waals surface area contributed by atoms with Gasteiger partial charge in [0.25, 0.3) is 5.56 Å². The van der Waals surface area contributed by atoms with E-state index in [0.29, 0.717) is 25.0 Å². The third kappa shape index (κ3) is 4.30. The highest BCUT2D eigenvalue weighted by Crippen LogP contribution is 2.26. The number of hydrogen-bond donors (Lipinski definition) is 1. The number of aromatic nitrogens is 2. The molecule has 3 aromatic rings. The highest BCUT2D eigenvalue weighted by atomic mass is 32.1. The molecule has 1 aliphatic heterocycles. The van der Waals surface area contributed by atoms with Gasteiger partial charge in [0, 0.05) is 26.2 Å². The van der Waals surface area contributed by atoms with Crippen molar-refractivity contribution in [1.29, 1.82) is 0 Å². The van der Waals surface area contributed by atoms with Gasteiger partial charge in [0.05, 0.1) is 24.5 Å². The van der Waals surface area contributed by atoms with E-state index in [0.717, 1.165) is 35.7 Å². The summed E-state index contributed by atoms with van der Waals surface area (Å²) in [5.41, 5.74) is 1.07. The van der Waals surface area contributed by atoms with E-state index in [2.05, 4.69) is 11.8 Å². The maximum Gasteiger partial charge on any atom is 0.317 e. The van der Waals surface area contributed by atoms with Crippen molar-refractivity contribution >= 4 is 27.5 Å². The fourth-order valence-corrected chi connectivity index (χ4v) is 4.93. The van der Waals surface area contributed by atoms with Crippen LogP contribution in [-0.4, -0.2) is 63.2 Å². The fraction of sp³-hybridized carbons (Fsp3) is 0.409. The molecule has 1 fully saturated rings. The molecule has 3 heterocycles. The number of piperazine rings is 1. The van der Waals surface area contributed by atoms with Crippen LogP contribution in [0.4, 0.5) is 0 Å². The molecule has 8 heteroatoms. The number of rotatable bonds is 7. The highest BCUT2D eigenvalue weighted by molar-refractivity contribution is 7.16. The number of aliphatic carboxylic acids is 1. The molecule has 0 radical (unpaired) electrons. The summed E-state index contributed by atoms with van der Waals surface area (Å²) in [5, 5.41) is 11.6. The standard InChI is InChI=1S/C22H26N4O3S/c1-2-18(25-11-9-24(10-12-25)15-19(27)28)20-23-21-17(8-13-30-21)22(29)26(20)14-16-6-4-3-5-7-16/h3-8,13,18H,2,9-12,14-15H2,1H3,(H,27,28). The van der Waals surface area contributed by atoms with E-state index in [1.54, 1.807) is 0 Å². The van der Waals surface area contributed by atoms with Gasteiger partial charge in [0.2, 0.25) is 0 Å². The summed E-state index contributed by atoms with van der Waals surface area (Å²) in [5.74, 6) is 0.00462. The molecule has 7 nitrogen and oxygen atoms in total.